The maximum atomic E-state index is 13.1. The minimum Gasteiger partial charge on any atom is -0.438 e. The highest BCUT2D eigenvalue weighted by Gasteiger charge is 2.40. The summed E-state index contributed by atoms with van der Waals surface area (Å²) in [4.78, 5) is 27.4. The van der Waals surface area contributed by atoms with Crippen molar-refractivity contribution in [3.63, 3.8) is 0 Å². The van der Waals surface area contributed by atoms with E-state index in [1.807, 2.05) is 59.5 Å². The fraction of sp³-hybridized carbons (Fsp3) is 0.310. The molecule has 1 heterocycles. The van der Waals surface area contributed by atoms with Crippen molar-refractivity contribution >= 4 is 23.6 Å². The normalized spacial score (nSPS) is 14.8. The third-order valence-corrected chi connectivity index (χ3v) is 6.86. The Morgan fingerprint density at radius 1 is 0.917 bits per heavy atom. The SMILES string of the molecule is O=C(NCCc1cccc(Cl)c1)OC1(c2ccccc2)CCN(C(=O)CCc2ccc(F)cc2)CC1. The number of amides is 2. The van der Waals surface area contributed by atoms with Gasteiger partial charge in [-0.2, -0.15) is 0 Å². The molecule has 0 spiro atoms. The molecule has 0 unspecified atom stereocenters. The summed E-state index contributed by atoms with van der Waals surface area (Å²) in [5.74, 6) is -0.237. The Labute approximate surface area is 216 Å². The Morgan fingerprint density at radius 2 is 1.64 bits per heavy atom. The van der Waals surface area contributed by atoms with E-state index in [9.17, 15) is 14.0 Å². The van der Waals surface area contributed by atoms with Crippen LogP contribution in [0.4, 0.5) is 9.18 Å². The first kappa shape index (κ1) is 25.7. The van der Waals surface area contributed by atoms with Gasteiger partial charge >= 0.3 is 6.09 Å². The molecule has 3 aromatic carbocycles. The number of ether oxygens (including phenoxy) is 1. The lowest BCUT2D eigenvalue weighted by atomic mass is 9.84. The van der Waals surface area contributed by atoms with Gasteiger partial charge < -0.3 is 15.0 Å². The number of likely N-dealkylation sites (tertiary alicyclic amines) is 1. The molecule has 5 nitrogen and oxygen atoms in total. The summed E-state index contributed by atoms with van der Waals surface area (Å²) >= 11 is 6.04. The molecule has 0 atom stereocenters. The monoisotopic (exact) mass is 508 g/mol. The molecule has 0 bridgehead atoms. The second-order valence-electron chi connectivity index (χ2n) is 9.06. The lowest BCUT2D eigenvalue weighted by Crippen LogP contribution is -2.48. The van der Waals surface area contributed by atoms with Crippen LogP contribution in [0.5, 0.6) is 0 Å². The molecule has 1 aliphatic rings. The van der Waals surface area contributed by atoms with Crippen LogP contribution in [0.25, 0.3) is 0 Å². The van der Waals surface area contributed by atoms with Crippen LogP contribution in [0.3, 0.4) is 0 Å². The zero-order valence-electron chi connectivity index (χ0n) is 20.1. The summed E-state index contributed by atoms with van der Waals surface area (Å²) < 4.78 is 19.2. The molecule has 36 heavy (non-hydrogen) atoms. The van der Waals surface area contributed by atoms with Crippen molar-refractivity contribution in [2.45, 2.75) is 37.7 Å². The number of nitrogens with zero attached hydrogens (tertiary/aromatic N) is 1. The van der Waals surface area contributed by atoms with E-state index in [2.05, 4.69) is 5.32 Å². The number of piperidine rings is 1. The smallest absolute Gasteiger partial charge is 0.408 e. The van der Waals surface area contributed by atoms with Crippen LogP contribution in [-0.2, 0) is 28.0 Å². The first-order chi connectivity index (χ1) is 17.4. The Hall–Kier alpha value is -3.38. The zero-order chi connectivity index (χ0) is 25.4. The summed E-state index contributed by atoms with van der Waals surface area (Å²) in [5, 5.41) is 3.52. The maximum Gasteiger partial charge on any atom is 0.408 e. The van der Waals surface area contributed by atoms with E-state index in [4.69, 9.17) is 16.3 Å². The number of carbonyl (C=O) groups is 2. The standard InChI is InChI=1S/C29H30ClFN2O3/c30-25-8-4-5-23(21-25)15-18-32-28(35)36-29(24-6-2-1-3-7-24)16-19-33(20-17-29)27(34)14-11-22-9-12-26(31)13-10-22/h1-10,12-13,21H,11,14-20H2,(H,32,35). The number of benzene rings is 3. The third kappa shape index (κ3) is 6.85. The summed E-state index contributed by atoms with van der Waals surface area (Å²) in [6.45, 7) is 1.41. The molecular formula is C29H30ClFN2O3. The van der Waals surface area contributed by atoms with Crippen molar-refractivity contribution < 1.29 is 18.7 Å². The van der Waals surface area contributed by atoms with Crippen molar-refractivity contribution in [2.75, 3.05) is 19.6 Å². The Balaban J connectivity index is 1.34. The van der Waals surface area contributed by atoms with Gasteiger partial charge in [0.15, 0.2) is 0 Å². The largest absolute Gasteiger partial charge is 0.438 e. The number of nitrogens with one attached hydrogen (secondary N) is 1. The van der Waals surface area contributed by atoms with E-state index >= 15 is 0 Å². The average molecular weight is 509 g/mol. The van der Waals surface area contributed by atoms with E-state index in [1.54, 1.807) is 12.1 Å². The van der Waals surface area contributed by atoms with Gasteiger partial charge in [-0.1, -0.05) is 66.2 Å². The molecule has 2 amide bonds. The van der Waals surface area contributed by atoms with Gasteiger partial charge in [-0.15, -0.1) is 0 Å². The molecule has 7 heteroatoms. The predicted octanol–water partition coefficient (Wildman–Crippen LogP) is 5.90. The lowest BCUT2D eigenvalue weighted by molar-refractivity contribution is -0.135. The Bertz CT molecular complexity index is 1160. The summed E-state index contributed by atoms with van der Waals surface area (Å²) in [5.41, 5.74) is 2.09. The zero-order valence-corrected chi connectivity index (χ0v) is 20.8. The molecule has 1 fully saturated rings. The van der Waals surface area contributed by atoms with E-state index in [-0.39, 0.29) is 11.7 Å². The first-order valence-corrected chi connectivity index (χ1v) is 12.6. The summed E-state index contributed by atoms with van der Waals surface area (Å²) in [6, 6.07) is 23.5. The van der Waals surface area contributed by atoms with Gasteiger partial charge in [0.1, 0.15) is 11.4 Å². The second-order valence-corrected chi connectivity index (χ2v) is 9.50. The Morgan fingerprint density at radius 3 is 2.33 bits per heavy atom. The lowest BCUT2D eigenvalue weighted by Gasteiger charge is -2.41. The van der Waals surface area contributed by atoms with Crippen LogP contribution in [0.2, 0.25) is 5.02 Å². The van der Waals surface area contributed by atoms with Crippen molar-refractivity contribution in [3.05, 3.63) is 106 Å². The Kier molecular flexibility index (Phi) is 8.60. The summed E-state index contributed by atoms with van der Waals surface area (Å²) in [7, 11) is 0. The minimum atomic E-state index is -0.796. The van der Waals surface area contributed by atoms with E-state index < -0.39 is 11.7 Å². The first-order valence-electron chi connectivity index (χ1n) is 12.2. The molecule has 0 radical (unpaired) electrons. The molecular weight excluding hydrogens is 479 g/mol. The van der Waals surface area contributed by atoms with Crippen LogP contribution < -0.4 is 5.32 Å². The van der Waals surface area contributed by atoms with E-state index in [0.717, 1.165) is 16.7 Å². The molecule has 188 valence electrons. The number of halogens is 2. The van der Waals surface area contributed by atoms with Gasteiger partial charge in [0.2, 0.25) is 5.91 Å². The average Bonchev–Trinajstić information content (AvgIpc) is 2.89. The molecule has 1 N–H and O–H groups in total. The number of carbonyl (C=O) groups excluding carboxylic acids is 2. The highest BCUT2D eigenvalue weighted by atomic mass is 35.5. The van der Waals surface area contributed by atoms with Crippen molar-refractivity contribution in [2.24, 2.45) is 0 Å². The quantitative estimate of drug-likeness (QED) is 0.412. The molecule has 0 aliphatic carbocycles. The van der Waals surface area contributed by atoms with Gasteiger partial charge in [0, 0.05) is 43.9 Å². The van der Waals surface area contributed by atoms with Gasteiger partial charge in [0.05, 0.1) is 0 Å². The van der Waals surface area contributed by atoms with Crippen molar-refractivity contribution in [1.29, 1.82) is 0 Å². The number of hydrogen-bond donors (Lipinski definition) is 1. The predicted molar refractivity (Wildman–Crippen MR) is 138 cm³/mol. The van der Waals surface area contributed by atoms with E-state index in [0.29, 0.717) is 56.8 Å². The fourth-order valence-electron chi connectivity index (χ4n) is 4.58. The van der Waals surface area contributed by atoms with Gasteiger partial charge in [-0.3, -0.25) is 4.79 Å². The highest BCUT2D eigenvalue weighted by Crippen LogP contribution is 2.37. The summed E-state index contributed by atoms with van der Waals surface area (Å²) in [6.07, 6.45) is 2.11. The van der Waals surface area contributed by atoms with Gasteiger partial charge in [0.25, 0.3) is 0 Å². The van der Waals surface area contributed by atoms with E-state index in [1.165, 1.54) is 12.1 Å². The van der Waals surface area contributed by atoms with Crippen LogP contribution in [0.1, 0.15) is 36.0 Å². The molecule has 4 rings (SSSR count). The highest BCUT2D eigenvalue weighted by molar-refractivity contribution is 6.30. The number of rotatable bonds is 8. The van der Waals surface area contributed by atoms with Gasteiger partial charge in [-0.05, 0) is 53.8 Å². The second kappa shape index (κ2) is 12.0. The molecule has 0 saturated carbocycles. The topological polar surface area (TPSA) is 58.6 Å². The number of alkyl carbamates (subject to hydrolysis) is 1. The van der Waals surface area contributed by atoms with Crippen molar-refractivity contribution in [3.8, 4) is 0 Å². The molecule has 0 aromatic heterocycles. The molecule has 1 aliphatic heterocycles. The van der Waals surface area contributed by atoms with Crippen LogP contribution >= 0.6 is 11.6 Å². The van der Waals surface area contributed by atoms with Gasteiger partial charge in [-0.25, -0.2) is 9.18 Å². The van der Waals surface area contributed by atoms with Crippen LogP contribution in [0, 0.1) is 5.82 Å². The molecule has 3 aromatic rings. The third-order valence-electron chi connectivity index (χ3n) is 6.62. The number of aryl methyl sites for hydroxylation is 1. The minimum absolute atomic E-state index is 0.0481. The molecule has 1 saturated heterocycles. The van der Waals surface area contributed by atoms with Crippen LogP contribution in [0.15, 0.2) is 78.9 Å². The van der Waals surface area contributed by atoms with Crippen LogP contribution in [-0.4, -0.2) is 36.5 Å². The number of hydrogen-bond acceptors (Lipinski definition) is 3. The fourth-order valence-corrected chi connectivity index (χ4v) is 4.80. The maximum absolute atomic E-state index is 13.1. The van der Waals surface area contributed by atoms with Crippen molar-refractivity contribution in [1.82, 2.24) is 10.2 Å².